The predicted molar refractivity (Wildman–Crippen MR) is 72.9 cm³/mol. The average Bonchev–Trinajstić information content (AvgIpc) is 2.43. The number of amides is 1. The SMILES string of the molecule is CCCCC(CN)NC(=O)c1cc([N+](=O)[O-])ccc1F. The number of nitrogens with two attached hydrogens (primary N) is 1. The molecule has 3 N–H and O–H groups in total. The lowest BCUT2D eigenvalue weighted by Gasteiger charge is -2.16. The molecule has 0 saturated carbocycles. The first-order chi connectivity index (χ1) is 9.49. The van der Waals surface area contributed by atoms with Crippen LogP contribution in [0.25, 0.3) is 0 Å². The Labute approximate surface area is 116 Å². The molecular formula is C13H18FN3O3. The quantitative estimate of drug-likeness (QED) is 0.590. The molecule has 0 fully saturated rings. The molecule has 0 spiro atoms. The molecule has 0 heterocycles. The lowest BCUT2D eigenvalue weighted by Crippen LogP contribution is -2.40. The van der Waals surface area contributed by atoms with Gasteiger partial charge in [0.05, 0.1) is 10.5 Å². The van der Waals surface area contributed by atoms with E-state index in [1.54, 1.807) is 0 Å². The summed E-state index contributed by atoms with van der Waals surface area (Å²) in [5, 5.41) is 13.2. The van der Waals surface area contributed by atoms with Gasteiger partial charge in [-0.1, -0.05) is 19.8 Å². The number of hydrogen-bond acceptors (Lipinski definition) is 4. The summed E-state index contributed by atoms with van der Waals surface area (Å²) in [6, 6.07) is 2.60. The fraction of sp³-hybridized carbons (Fsp3) is 0.462. The fourth-order valence-electron chi connectivity index (χ4n) is 1.76. The third-order valence-electron chi connectivity index (χ3n) is 2.93. The Morgan fingerprint density at radius 1 is 1.55 bits per heavy atom. The van der Waals surface area contributed by atoms with Crippen LogP contribution in [-0.4, -0.2) is 23.4 Å². The second-order valence-corrected chi connectivity index (χ2v) is 4.47. The summed E-state index contributed by atoms with van der Waals surface area (Å²) in [7, 11) is 0. The Kier molecular flexibility index (Phi) is 6.05. The molecule has 0 radical (unpaired) electrons. The molecule has 1 atom stereocenters. The van der Waals surface area contributed by atoms with Gasteiger partial charge < -0.3 is 11.1 Å². The molecule has 1 aromatic carbocycles. The van der Waals surface area contributed by atoms with Crippen molar-refractivity contribution in [2.24, 2.45) is 5.73 Å². The number of carbonyl (C=O) groups excluding carboxylic acids is 1. The molecule has 0 aliphatic rings. The third-order valence-corrected chi connectivity index (χ3v) is 2.93. The molecule has 0 bridgehead atoms. The minimum Gasteiger partial charge on any atom is -0.348 e. The maximum absolute atomic E-state index is 13.6. The highest BCUT2D eigenvalue weighted by Gasteiger charge is 2.19. The topological polar surface area (TPSA) is 98.3 Å². The van der Waals surface area contributed by atoms with Gasteiger partial charge in [0.25, 0.3) is 11.6 Å². The fourth-order valence-corrected chi connectivity index (χ4v) is 1.76. The molecule has 0 aliphatic heterocycles. The number of non-ortho nitro benzene ring substituents is 1. The maximum Gasteiger partial charge on any atom is 0.270 e. The molecule has 20 heavy (non-hydrogen) atoms. The van der Waals surface area contributed by atoms with Crippen LogP contribution in [0.3, 0.4) is 0 Å². The standard InChI is InChI=1S/C13H18FN3O3/c1-2-3-4-9(8-15)16-13(18)11-7-10(17(19)20)5-6-12(11)14/h5-7,9H,2-4,8,15H2,1H3,(H,16,18). The molecule has 7 heteroatoms. The minimum absolute atomic E-state index is 0.238. The minimum atomic E-state index is -0.792. The normalized spacial score (nSPS) is 11.9. The number of nitro groups is 1. The van der Waals surface area contributed by atoms with E-state index in [1.807, 2.05) is 6.92 Å². The number of nitro benzene ring substituents is 1. The lowest BCUT2D eigenvalue weighted by molar-refractivity contribution is -0.384. The molecule has 0 saturated heterocycles. The van der Waals surface area contributed by atoms with Crippen LogP contribution in [0.1, 0.15) is 36.5 Å². The number of hydrogen-bond donors (Lipinski definition) is 2. The summed E-state index contributed by atoms with van der Waals surface area (Å²) >= 11 is 0. The summed E-state index contributed by atoms with van der Waals surface area (Å²) in [4.78, 5) is 21.9. The Morgan fingerprint density at radius 2 is 2.25 bits per heavy atom. The number of halogens is 1. The van der Waals surface area contributed by atoms with Gasteiger partial charge in [-0.05, 0) is 12.5 Å². The van der Waals surface area contributed by atoms with Crippen LogP contribution in [0.15, 0.2) is 18.2 Å². The zero-order chi connectivity index (χ0) is 15.1. The predicted octanol–water partition coefficient (Wildman–Crippen LogP) is 1.98. The van der Waals surface area contributed by atoms with E-state index in [0.29, 0.717) is 6.42 Å². The van der Waals surface area contributed by atoms with E-state index in [-0.39, 0.29) is 23.8 Å². The summed E-state index contributed by atoms with van der Waals surface area (Å²) in [5.74, 6) is -1.47. The maximum atomic E-state index is 13.6. The van der Waals surface area contributed by atoms with Crippen LogP contribution >= 0.6 is 0 Å². The first-order valence-corrected chi connectivity index (χ1v) is 6.44. The zero-order valence-electron chi connectivity index (χ0n) is 11.3. The van der Waals surface area contributed by atoms with Crippen molar-refractivity contribution in [2.75, 3.05) is 6.54 Å². The van der Waals surface area contributed by atoms with E-state index in [2.05, 4.69) is 5.32 Å². The summed E-state index contributed by atoms with van der Waals surface area (Å²) in [5.41, 5.74) is 4.88. The molecule has 110 valence electrons. The first kappa shape index (κ1) is 16.0. The van der Waals surface area contributed by atoms with E-state index in [1.165, 1.54) is 0 Å². The Bertz CT molecular complexity index is 494. The zero-order valence-corrected chi connectivity index (χ0v) is 11.3. The number of benzene rings is 1. The van der Waals surface area contributed by atoms with E-state index in [4.69, 9.17) is 5.73 Å². The number of rotatable bonds is 7. The monoisotopic (exact) mass is 283 g/mol. The molecule has 0 aliphatic carbocycles. The average molecular weight is 283 g/mol. The summed E-state index contributed by atoms with van der Waals surface area (Å²) in [6.07, 6.45) is 2.53. The van der Waals surface area contributed by atoms with Gasteiger partial charge in [-0.2, -0.15) is 0 Å². The molecule has 1 aromatic rings. The lowest BCUT2D eigenvalue weighted by atomic mass is 10.1. The second-order valence-electron chi connectivity index (χ2n) is 4.47. The van der Waals surface area contributed by atoms with Crippen molar-refractivity contribution < 1.29 is 14.1 Å². The molecule has 1 rings (SSSR count). The number of nitrogens with one attached hydrogen (secondary N) is 1. The van der Waals surface area contributed by atoms with E-state index in [9.17, 15) is 19.3 Å². The van der Waals surface area contributed by atoms with Gasteiger partial charge in [0.2, 0.25) is 0 Å². The van der Waals surface area contributed by atoms with E-state index >= 15 is 0 Å². The molecule has 6 nitrogen and oxygen atoms in total. The van der Waals surface area contributed by atoms with Crippen LogP contribution in [-0.2, 0) is 0 Å². The Morgan fingerprint density at radius 3 is 2.80 bits per heavy atom. The first-order valence-electron chi connectivity index (χ1n) is 6.44. The van der Waals surface area contributed by atoms with E-state index in [0.717, 1.165) is 31.0 Å². The van der Waals surface area contributed by atoms with Crippen molar-refractivity contribution in [1.29, 1.82) is 0 Å². The van der Waals surface area contributed by atoms with Crippen LogP contribution in [0, 0.1) is 15.9 Å². The summed E-state index contributed by atoms with van der Waals surface area (Å²) in [6.45, 7) is 2.25. The number of carbonyl (C=O) groups is 1. The highest BCUT2D eigenvalue weighted by molar-refractivity contribution is 5.95. The molecule has 1 unspecified atom stereocenters. The van der Waals surface area contributed by atoms with Gasteiger partial charge in [-0.3, -0.25) is 14.9 Å². The van der Waals surface area contributed by atoms with Gasteiger partial charge >= 0.3 is 0 Å². The highest BCUT2D eigenvalue weighted by Crippen LogP contribution is 2.17. The van der Waals surface area contributed by atoms with Crippen molar-refractivity contribution in [3.8, 4) is 0 Å². The van der Waals surface area contributed by atoms with E-state index < -0.39 is 16.6 Å². The Balaban J connectivity index is 2.85. The van der Waals surface area contributed by atoms with Crippen molar-refractivity contribution in [1.82, 2.24) is 5.32 Å². The molecule has 1 amide bonds. The largest absolute Gasteiger partial charge is 0.348 e. The van der Waals surface area contributed by atoms with Gasteiger partial charge in [-0.25, -0.2) is 4.39 Å². The van der Waals surface area contributed by atoms with Crippen molar-refractivity contribution in [3.63, 3.8) is 0 Å². The summed E-state index contributed by atoms with van der Waals surface area (Å²) < 4.78 is 13.6. The number of unbranched alkanes of at least 4 members (excludes halogenated alkanes) is 1. The van der Waals surface area contributed by atoms with Gasteiger partial charge in [0.1, 0.15) is 5.82 Å². The number of nitrogens with zero attached hydrogens (tertiary/aromatic N) is 1. The van der Waals surface area contributed by atoms with Gasteiger partial charge in [0.15, 0.2) is 0 Å². The molecular weight excluding hydrogens is 265 g/mol. The molecule has 0 aromatic heterocycles. The van der Waals surface area contributed by atoms with Gasteiger partial charge in [0, 0.05) is 24.7 Å². The smallest absolute Gasteiger partial charge is 0.270 e. The highest BCUT2D eigenvalue weighted by atomic mass is 19.1. The van der Waals surface area contributed by atoms with Crippen molar-refractivity contribution >= 4 is 11.6 Å². The Hall–Kier alpha value is -2.02. The van der Waals surface area contributed by atoms with Crippen LogP contribution in [0.5, 0.6) is 0 Å². The van der Waals surface area contributed by atoms with Gasteiger partial charge in [-0.15, -0.1) is 0 Å². The van der Waals surface area contributed by atoms with Crippen LogP contribution in [0.2, 0.25) is 0 Å². The second kappa shape index (κ2) is 7.54. The van der Waals surface area contributed by atoms with Crippen molar-refractivity contribution in [2.45, 2.75) is 32.2 Å². The third kappa shape index (κ3) is 4.27. The van der Waals surface area contributed by atoms with Crippen LogP contribution < -0.4 is 11.1 Å². The van der Waals surface area contributed by atoms with Crippen LogP contribution in [0.4, 0.5) is 10.1 Å². The van der Waals surface area contributed by atoms with Crippen molar-refractivity contribution in [3.05, 3.63) is 39.7 Å².